The van der Waals surface area contributed by atoms with Crippen molar-refractivity contribution >= 4 is 11.9 Å². The van der Waals surface area contributed by atoms with E-state index in [9.17, 15) is 9.59 Å². The number of ether oxygens (including phenoxy) is 2. The summed E-state index contributed by atoms with van der Waals surface area (Å²) < 4.78 is 10.8. The summed E-state index contributed by atoms with van der Waals surface area (Å²) in [6.07, 6.45) is 7.46. The van der Waals surface area contributed by atoms with Crippen LogP contribution >= 0.6 is 0 Å². The molecule has 0 spiro atoms. The highest BCUT2D eigenvalue weighted by atomic mass is 16.5. The molecule has 5 heteroatoms. The molecule has 4 bridgehead atoms. The largest absolute Gasteiger partial charge is 0.452 e. The minimum absolute atomic E-state index is 0.0453. The van der Waals surface area contributed by atoms with Crippen molar-refractivity contribution in [3.63, 3.8) is 0 Å². The number of esters is 1. The molecule has 0 radical (unpaired) electrons. The van der Waals surface area contributed by atoms with Crippen LogP contribution in [-0.2, 0) is 20.9 Å². The molecular formula is C23H31NO4. The van der Waals surface area contributed by atoms with Crippen LogP contribution in [0.25, 0.3) is 0 Å². The summed E-state index contributed by atoms with van der Waals surface area (Å²) in [5.74, 6) is 1.68. The van der Waals surface area contributed by atoms with Gasteiger partial charge in [0.25, 0.3) is 5.91 Å². The van der Waals surface area contributed by atoms with Gasteiger partial charge in [0.05, 0.1) is 18.3 Å². The van der Waals surface area contributed by atoms with Crippen LogP contribution in [0.4, 0.5) is 0 Å². The van der Waals surface area contributed by atoms with Crippen LogP contribution in [0, 0.1) is 17.8 Å². The van der Waals surface area contributed by atoms with Crippen molar-refractivity contribution < 1.29 is 19.1 Å². The van der Waals surface area contributed by atoms with Crippen molar-refractivity contribution in [2.75, 3.05) is 6.61 Å². The van der Waals surface area contributed by atoms with Gasteiger partial charge in [0.2, 0.25) is 0 Å². The van der Waals surface area contributed by atoms with Crippen molar-refractivity contribution in [3.8, 4) is 0 Å². The Morgan fingerprint density at radius 2 is 1.61 bits per heavy atom. The van der Waals surface area contributed by atoms with Crippen LogP contribution in [0.2, 0.25) is 0 Å². The lowest BCUT2D eigenvalue weighted by molar-refractivity contribution is -0.130. The van der Waals surface area contributed by atoms with Crippen LogP contribution < -0.4 is 5.32 Å². The molecule has 5 rings (SSSR count). The lowest BCUT2D eigenvalue weighted by atomic mass is 9.53. The van der Waals surface area contributed by atoms with Gasteiger partial charge in [-0.1, -0.05) is 12.1 Å². The Hall–Kier alpha value is -1.88. The lowest BCUT2D eigenvalue weighted by Gasteiger charge is -2.56. The lowest BCUT2D eigenvalue weighted by Crippen LogP contribution is -2.60. The second-order valence-corrected chi connectivity index (χ2v) is 9.38. The van der Waals surface area contributed by atoms with E-state index in [1.165, 1.54) is 19.3 Å². The smallest absolute Gasteiger partial charge is 0.338 e. The molecular weight excluding hydrogens is 354 g/mol. The maximum absolute atomic E-state index is 12.5. The third-order valence-corrected chi connectivity index (χ3v) is 6.55. The Kier molecular flexibility index (Phi) is 5.46. The van der Waals surface area contributed by atoms with E-state index in [-0.39, 0.29) is 24.2 Å². The molecule has 1 N–H and O–H groups in total. The summed E-state index contributed by atoms with van der Waals surface area (Å²) in [7, 11) is 0. The molecule has 1 aromatic carbocycles. The predicted octanol–water partition coefficient (Wildman–Crippen LogP) is 3.85. The van der Waals surface area contributed by atoms with Gasteiger partial charge in [-0.2, -0.15) is 0 Å². The molecule has 4 aliphatic carbocycles. The Labute approximate surface area is 167 Å². The minimum Gasteiger partial charge on any atom is -0.452 e. The molecule has 0 unspecified atom stereocenters. The molecule has 0 atom stereocenters. The predicted molar refractivity (Wildman–Crippen MR) is 106 cm³/mol. The van der Waals surface area contributed by atoms with Gasteiger partial charge in [-0.25, -0.2) is 4.79 Å². The number of rotatable bonds is 7. The molecule has 4 saturated carbocycles. The monoisotopic (exact) mass is 385 g/mol. The van der Waals surface area contributed by atoms with Crippen LogP contribution in [0.1, 0.15) is 68.3 Å². The normalized spacial score (nSPS) is 30.5. The summed E-state index contributed by atoms with van der Waals surface area (Å²) in [6, 6.07) is 7.15. The SMILES string of the molecule is CC(C)OCc1ccc(C(=O)OCC(=O)NC23CC4CC(CC(C4)C2)C3)cc1. The Bertz CT molecular complexity index is 689. The molecule has 0 saturated heterocycles. The van der Waals surface area contributed by atoms with Gasteiger partial charge < -0.3 is 14.8 Å². The number of carbonyl (C=O) groups is 2. The van der Waals surface area contributed by atoms with E-state index in [2.05, 4.69) is 5.32 Å². The second-order valence-electron chi connectivity index (χ2n) is 9.38. The summed E-state index contributed by atoms with van der Waals surface area (Å²) in [5, 5.41) is 3.24. The highest BCUT2D eigenvalue weighted by molar-refractivity contribution is 5.91. The maximum Gasteiger partial charge on any atom is 0.338 e. The van der Waals surface area contributed by atoms with Crippen LogP contribution in [-0.4, -0.2) is 30.1 Å². The first kappa shape index (κ1) is 19.4. The van der Waals surface area contributed by atoms with Crippen molar-refractivity contribution in [1.29, 1.82) is 0 Å². The van der Waals surface area contributed by atoms with Gasteiger partial charge in [-0.15, -0.1) is 0 Å². The number of amides is 1. The fraction of sp³-hybridized carbons (Fsp3) is 0.652. The Balaban J connectivity index is 1.26. The fourth-order valence-electron chi connectivity index (χ4n) is 5.81. The number of hydrogen-bond donors (Lipinski definition) is 1. The highest BCUT2D eigenvalue weighted by Gasteiger charge is 2.51. The zero-order valence-corrected chi connectivity index (χ0v) is 16.9. The number of benzene rings is 1. The summed E-state index contributed by atoms with van der Waals surface area (Å²) >= 11 is 0. The molecule has 0 aliphatic heterocycles. The van der Waals surface area contributed by atoms with E-state index < -0.39 is 5.97 Å². The average Bonchev–Trinajstić information content (AvgIpc) is 2.63. The Morgan fingerprint density at radius 1 is 1.04 bits per heavy atom. The number of hydrogen-bond acceptors (Lipinski definition) is 4. The van der Waals surface area contributed by atoms with Gasteiger partial charge >= 0.3 is 5.97 Å². The average molecular weight is 386 g/mol. The van der Waals surface area contributed by atoms with E-state index in [1.54, 1.807) is 12.1 Å². The molecule has 28 heavy (non-hydrogen) atoms. The minimum atomic E-state index is -0.461. The second kappa shape index (κ2) is 7.86. The zero-order valence-electron chi connectivity index (χ0n) is 16.9. The van der Waals surface area contributed by atoms with Crippen molar-refractivity contribution in [1.82, 2.24) is 5.32 Å². The summed E-state index contributed by atoms with van der Waals surface area (Å²) in [4.78, 5) is 24.7. The third-order valence-electron chi connectivity index (χ3n) is 6.55. The van der Waals surface area contributed by atoms with Crippen molar-refractivity contribution in [3.05, 3.63) is 35.4 Å². The van der Waals surface area contributed by atoms with E-state index in [0.717, 1.165) is 42.6 Å². The van der Waals surface area contributed by atoms with Gasteiger partial charge in [0.1, 0.15) is 0 Å². The first-order valence-electron chi connectivity index (χ1n) is 10.6. The van der Waals surface area contributed by atoms with Gasteiger partial charge in [0.15, 0.2) is 6.61 Å². The van der Waals surface area contributed by atoms with Gasteiger partial charge in [-0.3, -0.25) is 4.79 Å². The maximum atomic E-state index is 12.5. The van der Waals surface area contributed by atoms with Crippen LogP contribution in [0.3, 0.4) is 0 Å². The first-order chi connectivity index (χ1) is 13.4. The summed E-state index contributed by atoms with van der Waals surface area (Å²) in [6.45, 7) is 4.28. The molecule has 5 nitrogen and oxygen atoms in total. The quantitative estimate of drug-likeness (QED) is 0.724. The van der Waals surface area contributed by atoms with Gasteiger partial charge in [-0.05, 0) is 87.8 Å². The van der Waals surface area contributed by atoms with Gasteiger partial charge in [0, 0.05) is 5.54 Å². The van der Waals surface area contributed by atoms with Crippen molar-refractivity contribution in [2.24, 2.45) is 17.8 Å². The molecule has 4 aliphatic rings. The van der Waals surface area contributed by atoms with E-state index >= 15 is 0 Å². The molecule has 152 valence electrons. The molecule has 0 aromatic heterocycles. The molecule has 1 amide bonds. The van der Waals surface area contributed by atoms with Crippen molar-refractivity contribution in [2.45, 2.75) is 70.6 Å². The van der Waals surface area contributed by atoms with Crippen LogP contribution in [0.5, 0.6) is 0 Å². The van der Waals surface area contributed by atoms with E-state index in [0.29, 0.717) is 12.2 Å². The zero-order chi connectivity index (χ0) is 19.7. The fourth-order valence-corrected chi connectivity index (χ4v) is 5.81. The Morgan fingerprint density at radius 3 is 2.14 bits per heavy atom. The molecule has 0 heterocycles. The number of carbonyl (C=O) groups excluding carboxylic acids is 2. The highest BCUT2D eigenvalue weighted by Crippen LogP contribution is 2.55. The number of nitrogens with one attached hydrogen (secondary N) is 1. The van der Waals surface area contributed by atoms with E-state index in [1.807, 2.05) is 26.0 Å². The van der Waals surface area contributed by atoms with E-state index in [4.69, 9.17) is 9.47 Å². The standard InChI is InChI=1S/C23H31NO4/c1-15(2)27-13-16-3-5-20(6-4-16)22(26)28-14-21(25)24-23-10-17-7-18(11-23)9-19(8-17)12-23/h3-6,15,17-19H,7-14H2,1-2H3,(H,24,25). The summed E-state index contributed by atoms with van der Waals surface area (Å²) in [5.41, 5.74) is 1.41. The van der Waals surface area contributed by atoms with Crippen LogP contribution in [0.15, 0.2) is 24.3 Å². The molecule has 1 aromatic rings. The third kappa shape index (κ3) is 4.40. The topological polar surface area (TPSA) is 64.6 Å². The first-order valence-corrected chi connectivity index (χ1v) is 10.6. The molecule has 4 fully saturated rings.